The minimum atomic E-state index is 0.242. The Morgan fingerprint density at radius 1 is 1.38 bits per heavy atom. The van der Waals surface area contributed by atoms with Gasteiger partial charge in [-0.2, -0.15) is 0 Å². The van der Waals surface area contributed by atoms with Gasteiger partial charge in [-0.1, -0.05) is 12.2 Å². The molecule has 0 aliphatic carbocycles. The van der Waals surface area contributed by atoms with Crippen molar-refractivity contribution >= 4 is 39.0 Å². The van der Waals surface area contributed by atoms with Crippen LogP contribution in [0, 0.1) is 0 Å². The lowest BCUT2D eigenvalue weighted by atomic mass is 10.3. The standard InChI is InChI=1S/C7H14N2OS3/c10-6-5-8-1-3-9(4-2-8)7(11)13-12/h10,12H,1-6H2. The van der Waals surface area contributed by atoms with Crippen molar-refractivity contribution in [2.24, 2.45) is 0 Å². The van der Waals surface area contributed by atoms with Crippen molar-refractivity contribution in [3.63, 3.8) is 0 Å². The van der Waals surface area contributed by atoms with Crippen LogP contribution >= 0.6 is 34.7 Å². The fourth-order valence-corrected chi connectivity index (χ4v) is 2.18. The third-order valence-corrected chi connectivity index (χ3v) is 3.94. The third-order valence-electron chi connectivity index (χ3n) is 2.12. The molecule has 0 bridgehead atoms. The maximum atomic E-state index is 8.74. The highest BCUT2D eigenvalue weighted by atomic mass is 33.1. The maximum absolute atomic E-state index is 8.74. The van der Waals surface area contributed by atoms with Gasteiger partial charge < -0.3 is 10.0 Å². The lowest BCUT2D eigenvalue weighted by Crippen LogP contribution is -2.48. The van der Waals surface area contributed by atoms with E-state index >= 15 is 0 Å². The Bertz CT molecular complexity index is 171. The Morgan fingerprint density at radius 3 is 2.46 bits per heavy atom. The second-order valence-electron chi connectivity index (χ2n) is 2.91. The summed E-state index contributed by atoms with van der Waals surface area (Å²) in [7, 11) is 1.33. The van der Waals surface area contributed by atoms with Crippen molar-refractivity contribution in [1.82, 2.24) is 9.80 Å². The van der Waals surface area contributed by atoms with Gasteiger partial charge in [0.25, 0.3) is 0 Å². The zero-order chi connectivity index (χ0) is 9.68. The molecule has 0 radical (unpaired) electrons. The molecular weight excluding hydrogens is 224 g/mol. The first-order valence-corrected chi connectivity index (χ1v) is 6.49. The summed E-state index contributed by atoms with van der Waals surface area (Å²) >= 11 is 9.19. The largest absolute Gasteiger partial charge is 0.395 e. The molecule has 0 aromatic rings. The molecule has 0 aromatic heterocycles. The molecule has 0 saturated carbocycles. The van der Waals surface area contributed by atoms with E-state index in [0.717, 1.165) is 37.0 Å². The van der Waals surface area contributed by atoms with E-state index in [9.17, 15) is 0 Å². The van der Waals surface area contributed by atoms with Crippen molar-refractivity contribution in [3.8, 4) is 0 Å². The molecule has 1 aliphatic heterocycles. The molecule has 76 valence electrons. The lowest BCUT2D eigenvalue weighted by Gasteiger charge is -2.35. The number of thiol groups is 1. The van der Waals surface area contributed by atoms with Crippen molar-refractivity contribution in [1.29, 1.82) is 0 Å². The van der Waals surface area contributed by atoms with Gasteiger partial charge in [0.2, 0.25) is 0 Å². The van der Waals surface area contributed by atoms with Gasteiger partial charge in [0.05, 0.1) is 6.61 Å². The van der Waals surface area contributed by atoms with Crippen molar-refractivity contribution in [2.75, 3.05) is 39.3 Å². The highest BCUT2D eigenvalue weighted by molar-refractivity contribution is 8.76. The summed E-state index contributed by atoms with van der Waals surface area (Å²) in [6.45, 7) is 4.88. The van der Waals surface area contributed by atoms with Gasteiger partial charge in [0, 0.05) is 32.7 Å². The first kappa shape index (κ1) is 11.6. The number of rotatable bonds is 2. The van der Waals surface area contributed by atoms with E-state index in [1.165, 1.54) is 10.8 Å². The van der Waals surface area contributed by atoms with E-state index in [1.807, 2.05) is 0 Å². The molecule has 0 amide bonds. The zero-order valence-corrected chi connectivity index (χ0v) is 9.88. The SMILES string of the molecule is OCCN1CCN(C(=S)SS)CC1. The van der Waals surface area contributed by atoms with Crippen LogP contribution in [0.4, 0.5) is 0 Å². The zero-order valence-electron chi connectivity index (χ0n) is 7.35. The van der Waals surface area contributed by atoms with Crippen LogP contribution in [-0.4, -0.2) is 58.6 Å². The summed E-state index contributed by atoms with van der Waals surface area (Å²) in [5.74, 6) is 0. The van der Waals surface area contributed by atoms with Crippen LogP contribution in [0.15, 0.2) is 0 Å². The minimum Gasteiger partial charge on any atom is -0.395 e. The predicted molar refractivity (Wildman–Crippen MR) is 64.3 cm³/mol. The fraction of sp³-hybridized carbons (Fsp3) is 0.857. The number of thiocarbonyl (C=S) groups is 1. The van der Waals surface area contributed by atoms with E-state index < -0.39 is 0 Å². The first-order chi connectivity index (χ1) is 6.27. The summed E-state index contributed by atoms with van der Waals surface area (Å²) in [4.78, 5) is 4.39. The quantitative estimate of drug-likeness (QED) is 0.414. The van der Waals surface area contributed by atoms with Crippen molar-refractivity contribution < 1.29 is 5.11 Å². The van der Waals surface area contributed by atoms with Crippen LogP contribution in [0.25, 0.3) is 0 Å². The molecule has 1 saturated heterocycles. The third kappa shape index (κ3) is 3.63. The molecule has 0 unspecified atom stereocenters. The van der Waals surface area contributed by atoms with E-state index in [4.69, 9.17) is 17.3 Å². The number of hydrogen-bond donors (Lipinski definition) is 2. The minimum absolute atomic E-state index is 0.242. The second-order valence-corrected chi connectivity index (χ2v) is 4.67. The summed E-state index contributed by atoms with van der Waals surface area (Å²) < 4.78 is 0.854. The molecule has 1 aliphatic rings. The Labute approximate surface area is 93.3 Å². The molecule has 1 rings (SSSR count). The van der Waals surface area contributed by atoms with Crippen LogP contribution < -0.4 is 0 Å². The number of aliphatic hydroxyl groups is 1. The molecular formula is C7H14N2OS3. The normalized spacial score (nSPS) is 19.1. The van der Waals surface area contributed by atoms with E-state index in [1.54, 1.807) is 0 Å². The van der Waals surface area contributed by atoms with Gasteiger partial charge in [0.15, 0.2) is 0 Å². The van der Waals surface area contributed by atoms with Gasteiger partial charge in [-0.25, -0.2) is 0 Å². The molecule has 6 heteroatoms. The van der Waals surface area contributed by atoms with Crippen LogP contribution in [0.5, 0.6) is 0 Å². The van der Waals surface area contributed by atoms with E-state index in [-0.39, 0.29) is 6.61 Å². The van der Waals surface area contributed by atoms with Gasteiger partial charge in [-0.15, -0.1) is 11.7 Å². The number of hydrogen-bond acceptors (Lipinski definition) is 5. The van der Waals surface area contributed by atoms with E-state index in [0.29, 0.717) is 0 Å². The maximum Gasteiger partial charge on any atom is 0.146 e. The molecule has 13 heavy (non-hydrogen) atoms. The fourth-order valence-electron chi connectivity index (χ4n) is 1.35. The smallest absolute Gasteiger partial charge is 0.146 e. The van der Waals surface area contributed by atoms with Crippen molar-refractivity contribution in [3.05, 3.63) is 0 Å². The number of nitrogens with zero attached hydrogens (tertiary/aromatic N) is 2. The van der Waals surface area contributed by atoms with Crippen LogP contribution in [0.2, 0.25) is 0 Å². The average molecular weight is 238 g/mol. The Morgan fingerprint density at radius 2 is 2.00 bits per heavy atom. The highest BCUT2D eigenvalue weighted by Gasteiger charge is 2.17. The molecule has 0 atom stereocenters. The van der Waals surface area contributed by atoms with Crippen molar-refractivity contribution in [2.45, 2.75) is 0 Å². The molecule has 1 N–H and O–H groups in total. The Balaban J connectivity index is 2.26. The Hall–Kier alpha value is 0.510. The van der Waals surface area contributed by atoms with Crippen LogP contribution in [-0.2, 0) is 0 Å². The molecule has 3 nitrogen and oxygen atoms in total. The summed E-state index contributed by atoms with van der Waals surface area (Å²) in [6.07, 6.45) is 0. The summed E-state index contributed by atoms with van der Waals surface area (Å²) in [5, 5.41) is 8.74. The van der Waals surface area contributed by atoms with Gasteiger partial charge in [0.1, 0.15) is 4.32 Å². The topological polar surface area (TPSA) is 26.7 Å². The molecule has 0 aromatic carbocycles. The molecule has 1 fully saturated rings. The number of aliphatic hydroxyl groups excluding tert-OH is 1. The summed E-state index contributed by atoms with van der Waals surface area (Å²) in [6, 6.07) is 0. The van der Waals surface area contributed by atoms with Gasteiger partial charge in [-0.3, -0.25) is 4.90 Å². The highest BCUT2D eigenvalue weighted by Crippen LogP contribution is 2.14. The van der Waals surface area contributed by atoms with Gasteiger partial charge >= 0.3 is 0 Å². The molecule has 0 spiro atoms. The van der Waals surface area contributed by atoms with Crippen LogP contribution in [0.1, 0.15) is 0 Å². The van der Waals surface area contributed by atoms with Crippen LogP contribution in [0.3, 0.4) is 0 Å². The number of β-amino-alcohol motifs (C(OH)–C–C–N with tert-alkyl or cyclic N) is 1. The first-order valence-electron chi connectivity index (χ1n) is 4.21. The second kappa shape index (κ2) is 6.08. The Kier molecular flexibility index (Phi) is 5.42. The van der Waals surface area contributed by atoms with E-state index in [2.05, 4.69) is 21.5 Å². The summed E-state index contributed by atoms with van der Waals surface area (Å²) in [5.41, 5.74) is 0. The monoisotopic (exact) mass is 238 g/mol. The van der Waals surface area contributed by atoms with Gasteiger partial charge in [-0.05, 0) is 10.8 Å². The molecule has 1 heterocycles. The number of piperazine rings is 1. The predicted octanol–water partition coefficient (Wildman–Crippen LogP) is 0.459. The lowest BCUT2D eigenvalue weighted by molar-refractivity contribution is 0.149. The average Bonchev–Trinajstić information content (AvgIpc) is 2.18.